The lowest BCUT2D eigenvalue weighted by Crippen LogP contribution is -2.25. The van der Waals surface area contributed by atoms with Gasteiger partial charge in [-0.15, -0.1) is 0 Å². The highest BCUT2D eigenvalue weighted by Gasteiger charge is 2.15. The molecule has 2 aromatic rings. The van der Waals surface area contributed by atoms with E-state index in [1.54, 1.807) is 19.2 Å². The van der Waals surface area contributed by atoms with E-state index in [0.717, 1.165) is 5.56 Å². The number of benzene rings is 2. The van der Waals surface area contributed by atoms with Gasteiger partial charge in [0.15, 0.2) is 11.5 Å². The van der Waals surface area contributed by atoms with E-state index in [9.17, 15) is 5.11 Å². The summed E-state index contributed by atoms with van der Waals surface area (Å²) < 4.78 is 5.06. The fourth-order valence-electron chi connectivity index (χ4n) is 2.47. The van der Waals surface area contributed by atoms with Crippen LogP contribution in [0.5, 0.6) is 11.5 Å². The van der Waals surface area contributed by atoms with Gasteiger partial charge >= 0.3 is 0 Å². The molecule has 0 amide bonds. The molecule has 2 rings (SSSR count). The molecule has 0 radical (unpaired) electrons. The van der Waals surface area contributed by atoms with Crippen LogP contribution >= 0.6 is 0 Å². The Bertz CT molecular complexity index is 567. The second-order valence-corrected chi connectivity index (χ2v) is 5.52. The van der Waals surface area contributed by atoms with E-state index < -0.39 is 0 Å². The first-order valence-electron chi connectivity index (χ1n) is 7.26. The van der Waals surface area contributed by atoms with Crippen molar-refractivity contribution in [2.24, 2.45) is 5.92 Å². The highest BCUT2D eigenvalue weighted by atomic mass is 16.5. The number of ether oxygens (including phenoxy) is 1. The molecular formula is C18H23NO2. The summed E-state index contributed by atoms with van der Waals surface area (Å²) in [6.07, 6.45) is 0. The fourth-order valence-corrected chi connectivity index (χ4v) is 2.47. The average molecular weight is 285 g/mol. The summed E-state index contributed by atoms with van der Waals surface area (Å²) in [5.41, 5.74) is 2.32. The number of phenolic OH excluding ortho intramolecular Hbond substituents is 1. The minimum absolute atomic E-state index is 0.178. The summed E-state index contributed by atoms with van der Waals surface area (Å²) in [4.78, 5) is 0. The Morgan fingerprint density at radius 3 is 2.38 bits per heavy atom. The maximum Gasteiger partial charge on any atom is 0.160 e. The molecule has 0 aromatic heterocycles. The lowest BCUT2D eigenvalue weighted by Gasteiger charge is -2.23. The van der Waals surface area contributed by atoms with Gasteiger partial charge in [0.2, 0.25) is 0 Å². The van der Waals surface area contributed by atoms with Crippen molar-refractivity contribution < 1.29 is 9.84 Å². The first-order chi connectivity index (χ1) is 10.1. The number of hydrogen-bond acceptors (Lipinski definition) is 3. The monoisotopic (exact) mass is 285 g/mol. The van der Waals surface area contributed by atoms with E-state index in [2.05, 4.69) is 43.4 Å². The van der Waals surface area contributed by atoms with Gasteiger partial charge in [-0.25, -0.2) is 0 Å². The summed E-state index contributed by atoms with van der Waals surface area (Å²) in [5.74, 6) is 1.17. The van der Waals surface area contributed by atoms with Gasteiger partial charge in [-0.1, -0.05) is 50.2 Å². The van der Waals surface area contributed by atoms with Crippen LogP contribution < -0.4 is 10.1 Å². The van der Waals surface area contributed by atoms with E-state index in [1.807, 2.05) is 12.1 Å². The number of aromatic hydroxyl groups is 1. The Kier molecular flexibility index (Phi) is 5.23. The lowest BCUT2D eigenvalue weighted by atomic mass is 9.96. The maximum atomic E-state index is 9.83. The number of rotatable bonds is 6. The number of hydrogen-bond donors (Lipinski definition) is 2. The van der Waals surface area contributed by atoms with Crippen LogP contribution in [-0.2, 0) is 6.54 Å². The second kappa shape index (κ2) is 7.14. The van der Waals surface area contributed by atoms with Crippen molar-refractivity contribution in [3.05, 3.63) is 59.7 Å². The highest BCUT2D eigenvalue weighted by molar-refractivity contribution is 5.41. The first-order valence-corrected chi connectivity index (χ1v) is 7.26. The average Bonchev–Trinajstić information content (AvgIpc) is 2.48. The van der Waals surface area contributed by atoms with E-state index in [4.69, 9.17) is 4.74 Å². The first kappa shape index (κ1) is 15.4. The molecule has 0 saturated heterocycles. The molecule has 3 nitrogen and oxygen atoms in total. The zero-order valence-corrected chi connectivity index (χ0v) is 12.8. The van der Waals surface area contributed by atoms with Crippen LogP contribution in [0.4, 0.5) is 0 Å². The number of nitrogens with one attached hydrogen (secondary N) is 1. The molecule has 0 saturated carbocycles. The second-order valence-electron chi connectivity index (χ2n) is 5.52. The molecule has 0 spiro atoms. The fraction of sp³-hybridized carbons (Fsp3) is 0.333. The molecule has 0 aliphatic rings. The van der Waals surface area contributed by atoms with Gasteiger partial charge in [-0.3, -0.25) is 0 Å². The van der Waals surface area contributed by atoms with Gasteiger partial charge in [0.25, 0.3) is 0 Å². The van der Waals surface area contributed by atoms with Gasteiger partial charge in [-0.2, -0.15) is 0 Å². The predicted octanol–water partition coefficient (Wildman–Crippen LogP) is 3.89. The topological polar surface area (TPSA) is 41.5 Å². The Labute approximate surface area is 126 Å². The Balaban J connectivity index is 2.07. The van der Waals surface area contributed by atoms with Gasteiger partial charge in [0, 0.05) is 12.6 Å². The van der Waals surface area contributed by atoms with E-state index in [0.29, 0.717) is 18.2 Å². The Morgan fingerprint density at radius 2 is 1.81 bits per heavy atom. The highest BCUT2D eigenvalue weighted by Crippen LogP contribution is 2.27. The van der Waals surface area contributed by atoms with Crippen LogP contribution in [-0.4, -0.2) is 12.2 Å². The van der Waals surface area contributed by atoms with E-state index in [1.165, 1.54) is 5.56 Å². The van der Waals surface area contributed by atoms with Crippen LogP contribution in [0.3, 0.4) is 0 Å². The molecular weight excluding hydrogens is 262 g/mol. The van der Waals surface area contributed by atoms with Gasteiger partial charge in [-0.05, 0) is 29.2 Å². The van der Waals surface area contributed by atoms with Crippen molar-refractivity contribution in [1.82, 2.24) is 5.32 Å². The summed E-state index contributed by atoms with van der Waals surface area (Å²) >= 11 is 0. The smallest absolute Gasteiger partial charge is 0.160 e. The molecule has 3 heteroatoms. The van der Waals surface area contributed by atoms with Gasteiger partial charge in [0.05, 0.1) is 7.11 Å². The third kappa shape index (κ3) is 3.99. The molecule has 0 aliphatic carbocycles. The number of phenols is 1. The zero-order chi connectivity index (χ0) is 15.2. The molecule has 0 aliphatic heterocycles. The molecule has 1 unspecified atom stereocenters. The van der Waals surface area contributed by atoms with Crippen molar-refractivity contribution in [1.29, 1.82) is 0 Å². The Hall–Kier alpha value is -2.00. The summed E-state index contributed by atoms with van der Waals surface area (Å²) in [6, 6.07) is 16.2. The molecule has 1 atom stereocenters. The largest absolute Gasteiger partial charge is 0.504 e. The van der Waals surface area contributed by atoms with Crippen LogP contribution in [0.25, 0.3) is 0 Å². The van der Waals surface area contributed by atoms with Gasteiger partial charge in [0.1, 0.15) is 0 Å². The summed E-state index contributed by atoms with van der Waals surface area (Å²) in [6.45, 7) is 5.11. The predicted molar refractivity (Wildman–Crippen MR) is 85.5 cm³/mol. The van der Waals surface area contributed by atoms with Crippen molar-refractivity contribution in [2.75, 3.05) is 7.11 Å². The molecule has 21 heavy (non-hydrogen) atoms. The molecule has 2 aromatic carbocycles. The summed E-state index contributed by atoms with van der Waals surface area (Å²) in [5, 5.41) is 13.4. The quantitative estimate of drug-likeness (QED) is 0.846. The molecule has 112 valence electrons. The molecule has 0 heterocycles. The SMILES string of the molecule is COc1ccc(CNC(c2ccccc2)C(C)C)cc1O. The van der Waals surface area contributed by atoms with Crippen LogP contribution in [0.2, 0.25) is 0 Å². The van der Waals surface area contributed by atoms with Crippen LogP contribution in [0.15, 0.2) is 48.5 Å². The lowest BCUT2D eigenvalue weighted by molar-refractivity contribution is 0.372. The van der Waals surface area contributed by atoms with Crippen molar-refractivity contribution >= 4 is 0 Å². The van der Waals surface area contributed by atoms with Crippen molar-refractivity contribution in [2.45, 2.75) is 26.4 Å². The van der Waals surface area contributed by atoms with Crippen LogP contribution in [0, 0.1) is 5.92 Å². The van der Waals surface area contributed by atoms with Crippen LogP contribution in [0.1, 0.15) is 31.0 Å². The Morgan fingerprint density at radius 1 is 1.10 bits per heavy atom. The minimum Gasteiger partial charge on any atom is -0.504 e. The van der Waals surface area contributed by atoms with Crippen molar-refractivity contribution in [3.63, 3.8) is 0 Å². The molecule has 0 bridgehead atoms. The third-order valence-corrected chi connectivity index (χ3v) is 3.59. The van der Waals surface area contributed by atoms with Gasteiger partial charge < -0.3 is 15.2 Å². The van der Waals surface area contributed by atoms with Crippen molar-refractivity contribution in [3.8, 4) is 11.5 Å². The molecule has 2 N–H and O–H groups in total. The summed E-state index contributed by atoms with van der Waals surface area (Å²) in [7, 11) is 1.55. The standard InChI is InChI=1S/C18H23NO2/c1-13(2)18(15-7-5-4-6-8-15)19-12-14-9-10-17(21-3)16(20)11-14/h4-11,13,18-20H,12H2,1-3H3. The normalized spacial score (nSPS) is 12.4. The van der Waals surface area contributed by atoms with E-state index >= 15 is 0 Å². The number of methoxy groups -OCH3 is 1. The maximum absolute atomic E-state index is 9.83. The minimum atomic E-state index is 0.178. The zero-order valence-electron chi connectivity index (χ0n) is 12.8. The third-order valence-electron chi connectivity index (χ3n) is 3.59. The van der Waals surface area contributed by atoms with E-state index in [-0.39, 0.29) is 11.8 Å². The molecule has 0 fully saturated rings.